The standard InChI is InChI=1S/C15H14F2N2O4S2/c1-18-24(20,21)11-5-6-14-10(9-11)7-8-19(14)25(22,23)15-12(16)3-2-4-13(15)17/h2-6,9,18H,7-8H2,1H3. The van der Waals surface area contributed by atoms with Crippen molar-refractivity contribution in [3.63, 3.8) is 0 Å². The third kappa shape index (κ3) is 2.90. The van der Waals surface area contributed by atoms with Gasteiger partial charge in [-0.3, -0.25) is 4.31 Å². The quantitative estimate of drug-likeness (QED) is 0.863. The minimum Gasteiger partial charge on any atom is -0.266 e. The van der Waals surface area contributed by atoms with E-state index < -0.39 is 36.6 Å². The molecule has 0 atom stereocenters. The SMILES string of the molecule is CNS(=O)(=O)c1ccc2c(c1)CCN2S(=O)(=O)c1c(F)cccc1F. The average molecular weight is 388 g/mol. The van der Waals surface area contributed by atoms with Gasteiger partial charge in [-0.1, -0.05) is 6.07 Å². The molecule has 10 heteroatoms. The van der Waals surface area contributed by atoms with Crippen LogP contribution in [0.4, 0.5) is 14.5 Å². The van der Waals surface area contributed by atoms with Crippen LogP contribution in [0.25, 0.3) is 0 Å². The van der Waals surface area contributed by atoms with Crippen LogP contribution in [0, 0.1) is 11.6 Å². The number of fused-ring (bicyclic) bond motifs is 1. The molecule has 0 aliphatic carbocycles. The van der Waals surface area contributed by atoms with Gasteiger partial charge in [-0.25, -0.2) is 30.3 Å². The number of nitrogens with one attached hydrogen (secondary N) is 1. The highest BCUT2D eigenvalue weighted by Crippen LogP contribution is 2.35. The van der Waals surface area contributed by atoms with E-state index in [1.54, 1.807) is 0 Å². The number of rotatable bonds is 4. The maximum atomic E-state index is 13.9. The van der Waals surface area contributed by atoms with Crippen molar-refractivity contribution in [1.29, 1.82) is 0 Å². The highest BCUT2D eigenvalue weighted by atomic mass is 32.2. The molecule has 25 heavy (non-hydrogen) atoms. The molecule has 1 aliphatic heterocycles. The van der Waals surface area contributed by atoms with Crippen LogP contribution in [0.2, 0.25) is 0 Å². The molecule has 1 aliphatic rings. The van der Waals surface area contributed by atoms with Crippen molar-refractivity contribution >= 4 is 25.7 Å². The van der Waals surface area contributed by atoms with Gasteiger partial charge < -0.3 is 0 Å². The molecular weight excluding hydrogens is 374 g/mol. The zero-order valence-corrected chi connectivity index (χ0v) is 14.7. The fourth-order valence-electron chi connectivity index (χ4n) is 2.72. The van der Waals surface area contributed by atoms with Crippen LogP contribution in [-0.2, 0) is 26.5 Å². The van der Waals surface area contributed by atoms with Gasteiger partial charge in [-0.15, -0.1) is 0 Å². The second kappa shape index (κ2) is 6.04. The van der Waals surface area contributed by atoms with E-state index in [9.17, 15) is 25.6 Å². The molecule has 3 rings (SSSR count). The Balaban J connectivity index is 2.09. The molecule has 0 spiro atoms. The summed E-state index contributed by atoms with van der Waals surface area (Å²) in [5.74, 6) is -2.36. The second-order valence-corrected chi connectivity index (χ2v) is 9.06. The van der Waals surface area contributed by atoms with Gasteiger partial charge in [0.05, 0.1) is 10.6 Å². The lowest BCUT2D eigenvalue weighted by Gasteiger charge is -2.20. The lowest BCUT2D eigenvalue weighted by Crippen LogP contribution is -2.30. The monoisotopic (exact) mass is 388 g/mol. The van der Waals surface area contributed by atoms with Crippen molar-refractivity contribution < 1.29 is 25.6 Å². The average Bonchev–Trinajstić information content (AvgIpc) is 2.98. The molecule has 0 saturated carbocycles. The van der Waals surface area contributed by atoms with Crippen molar-refractivity contribution in [1.82, 2.24) is 4.72 Å². The van der Waals surface area contributed by atoms with Crippen molar-refractivity contribution in [2.75, 3.05) is 17.9 Å². The van der Waals surface area contributed by atoms with Gasteiger partial charge in [0.1, 0.15) is 11.6 Å². The first-order valence-corrected chi connectivity index (χ1v) is 10.1. The maximum Gasteiger partial charge on any atom is 0.270 e. The number of nitrogens with zero attached hydrogens (tertiary/aromatic N) is 1. The van der Waals surface area contributed by atoms with E-state index in [0.717, 1.165) is 22.5 Å². The Morgan fingerprint density at radius 3 is 2.28 bits per heavy atom. The largest absolute Gasteiger partial charge is 0.270 e. The van der Waals surface area contributed by atoms with Crippen LogP contribution < -0.4 is 9.03 Å². The molecule has 1 heterocycles. The predicted octanol–water partition coefficient (Wildman–Crippen LogP) is 1.62. The smallest absolute Gasteiger partial charge is 0.266 e. The number of benzene rings is 2. The Labute approximate surface area is 144 Å². The van der Waals surface area contributed by atoms with E-state index in [1.807, 2.05) is 0 Å². The number of anilines is 1. The molecule has 0 saturated heterocycles. The lowest BCUT2D eigenvalue weighted by molar-refractivity contribution is 0.518. The minimum absolute atomic E-state index is 0.00919. The first-order valence-electron chi connectivity index (χ1n) is 7.22. The third-order valence-corrected chi connectivity index (χ3v) is 7.23. The molecule has 0 amide bonds. The van der Waals surface area contributed by atoms with Crippen LogP contribution in [0.5, 0.6) is 0 Å². The Morgan fingerprint density at radius 1 is 1.04 bits per heavy atom. The Kier molecular flexibility index (Phi) is 4.30. The molecule has 0 bridgehead atoms. The molecule has 2 aromatic carbocycles. The van der Waals surface area contributed by atoms with Crippen molar-refractivity contribution in [3.8, 4) is 0 Å². The van der Waals surface area contributed by atoms with E-state index in [0.29, 0.717) is 5.56 Å². The van der Waals surface area contributed by atoms with E-state index >= 15 is 0 Å². The predicted molar refractivity (Wildman–Crippen MR) is 87.3 cm³/mol. The molecule has 2 aromatic rings. The van der Waals surface area contributed by atoms with Gasteiger partial charge in [-0.05, 0) is 49.4 Å². The van der Waals surface area contributed by atoms with Gasteiger partial charge in [-0.2, -0.15) is 0 Å². The fraction of sp³-hybridized carbons (Fsp3) is 0.200. The summed E-state index contributed by atoms with van der Waals surface area (Å²) in [5.41, 5.74) is 0.675. The van der Waals surface area contributed by atoms with E-state index in [1.165, 1.54) is 25.2 Å². The zero-order chi connectivity index (χ0) is 18.4. The van der Waals surface area contributed by atoms with Crippen molar-refractivity contribution in [2.45, 2.75) is 16.2 Å². The third-order valence-electron chi connectivity index (χ3n) is 3.95. The lowest BCUT2D eigenvalue weighted by atomic mass is 10.2. The summed E-state index contributed by atoms with van der Waals surface area (Å²) in [6.45, 7) is -0.0332. The molecule has 0 unspecified atom stereocenters. The van der Waals surface area contributed by atoms with E-state index in [-0.39, 0.29) is 23.5 Å². The van der Waals surface area contributed by atoms with Gasteiger partial charge in [0.2, 0.25) is 10.0 Å². The Hall–Kier alpha value is -2.04. The summed E-state index contributed by atoms with van der Waals surface area (Å²) in [6, 6.07) is 6.75. The normalized spacial score (nSPS) is 14.6. The van der Waals surface area contributed by atoms with Crippen molar-refractivity contribution in [2.24, 2.45) is 0 Å². The van der Waals surface area contributed by atoms with Crippen molar-refractivity contribution in [3.05, 3.63) is 53.6 Å². The van der Waals surface area contributed by atoms with E-state index in [4.69, 9.17) is 0 Å². The van der Waals surface area contributed by atoms with Gasteiger partial charge >= 0.3 is 0 Å². The van der Waals surface area contributed by atoms with Crippen LogP contribution in [0.3, 0.4) is 0 Å². The molecule has 0 radical (unpaired) electrons. The van der Waals surface area contributed by atoms with Crippen LogP contribution in [0.1, 0.15) is 5.56 Å². The molecule has 6 nitrogen and oxygen atoms in total. The second-order valence-electron chi connectivity index (χ2n) is 5.38. The zero-order valence-electron chi connectivity index (χ0n) is 13.0. The first-order chi connectivity index (χ1) is 11.7. The van der Waals surface area contributed by atoms with Crippen LogP contribution in [-0.4, -0.2) is 30.4 Å². The van der Waals surface area contributed by atoms with Gasteiger partial charge in [0.15, 0.2) is 4.90 Å². The Morgan fingerprint density at radius 2 is 1.68 bits per heavy atom. The summed E-state index contributed by atoms with van der Waals surface area (Å²) in [4.78, 5) is -1.03. The highest BCUT2D eigenvalue weighted by Gasteiger charge is 2.35. The van der Waals surface area contributed by atoms with Crippen LogP contribution in [0.15, 0.2) is 46.2 Å². The Bertz CT molecular complexity index is 1030. The molecule has 0 aromatic heterocycles. The molecule has 1 N–H and O–H groups in total. The number of hydrogen-bond acceptors (Lipinski definition) is 4. The summed E-state index contributed by atoms with van der Waals surface area (Å²) in [6.07, 6.45) is 0.234. The number of halogens is 2. The van der Waals surface area contributed by atoms with Gasteiger partial charge in [0, 0.05) is 6.54 Å². The minimum atomic E-state index is -4.45. The summed E-state index contributed by atoms with van der Waals surface area (Å²) in [7, 11) is -6.86. The number of hydrogen-bond donors (Lipinski definition) is 1. The molecule has 0 fully saturated rings. The summed E-state index contributed by atoms with van der Waals surface area (Å²) < 4.78 is 80.0. The number of sulfonamides is 2. The van der Waals surface area contributed by atoms with Gasteiger partial charge in [0.25, 0.3) is 10.0 Å². The maximum absolute atomic E-state index is 13.9. The summed E-state index contributed by atoms with van der Waals surface area (Å²) >= 11 is 0. The first kappa shape index (κ1) is 17.8. The van der Waals surface area contributed by atoms with Crippen LogP contribution >= 0.6 is 0 Å². The topological polar surface area (TPSA) is 83.6 Å². The molecular formula is C15H14F2N2O4S2. The fourth-order valence-corrected chi connectivity index (χ4v) is 5.12. The van der Waals surface area contributed by atoms with E-state index in [2.05, 4.69) is 4.72 Å². The highest BCUT2D eigenvalue weighted by molar-refractivity contribution is 7.93. The summed E-state index contributed by atoms with van der Waals surface area (Å²) in [5, 5.41) is 0. The molecule has 134 valence electrons.